The zero-order valence-electron chi connectivity index (χ0n) is 13.4. The van der Waals surface area contributed by atoms with Crippen LogP contribution >= 0.6 is 0 Å². The second-order valence-corrected chi connectivity index (χ2v) is 6.41. The summed E-state index contributed by atoms with van der Waals surface area (Å²) in [7, 11) is 1.67. The van der Waals surface area contributed by atoms with Crippen LogP contribution in [0.1, 0.15) is 50.1 Å². The Morgan fingerprint density at radius 2 is 1.77 bits per heavy atom. The smallest absolute Gasteiger partial charge is 0.242 e. The monoisotopic (exact) mass is 302 g/mol. The zero-order chi connectivity index (χ0) is 15.4. The SMILES string of the molecule is COc1ccc(C(C(=O)NC2CCCC2)N2CCCC2)cc1. The normalized spacial score (nSPS) is 21.0. The molecule has 1 saturated carbocycles. The van der Waals surface area contributed by atoms with Crippen LogP contribution < -0.4 is 10.1 Å². The average Bonchev–Trinajstić information content (AvgIpc) is 3.22. The molecule has 1 aromatic carbocycles. The first-order chi connectivity index (χ1) is 10.8. The molecule has 1 N–H and O–H groups in total. The van der Waals surface area contributed by atoms with E-state index in [4.69, 9.17) is 4.74 Å². The largest absolute Gasteiger partial charge is 0.497 e. The second-order valence-electron chi connectivity index (χ2n) is 6.41. The van der Waals surface area contributed by atoms with Crippen molar-refractivity contribution in [3.63, 3.8) is 0 Å². The quantitative estimate of drug-likeness (QED) is 0.909. The summed E-state index contributed by atoms with van der Waals surface area (Å²) in [5, 5.41) is 3.27. The number of rotatable bonds is 5. The fourth-order valence-electron chi connectivity index (χ4n) is 3.66. The van der Waals surface area contributed by atoms with Gasteiger partial charge in [0.05, 0.1) is 7.11 Å². The number of carbonyl (C=O) groups excluding carboxylic acids is 1. The van der Waals surface area contributed by atoms with Crippen LogP contribution in [0.15, 0.2) is 24.3 Å². The highest BCUT2D eigenvalue weighted by Gasteiger charge is 2.31. The van der Waals surface area contributed by atoms with E-state index in [0.29, 0.717) is 6.04 Å². The van der Waals surface area contributed by atoms with Crippen molar-refractivity contribution in [2.24, 2.45) is 0 Å². The number of benzene rings is 1. The first kappa shape index (κ1) is 15.3. The van der Waals surface area contributed by atoms with Crippen molar-refractivity contribution in [1.82, 2.24) is 10.2 Å². The minimum Gasteiger partial charge on any atom is -0.497 e. The Morgan fingerprint density at radius 3 is 2.36 bits per heavy atom. The number of ether oxygens (including phenoxy) is 1. The van der Waals surface area contributed by atoms with Crippen molar-refractivity contribution in [3.8, 4) is 5.75 Å². The van der Waals surface area contributed by atoms with E-state index in [-0.39, 0.29) is 11.9 Å². The van der Waals surface area contributed by atoms with Crippen LogP contribution in [0, 0.1) is 0 Å². The highest BCUT2D eigenvalue weighted by molar-refractivity contribution is 5.83. The molecule has 1 amide bonds. The van der Waals surface area contributed by atoms with E-state index < -0.39 is 0 Å². The molecule has 1 aliphatic carbocycles. The van der Waals surface area contributed by atoms with Gasteiger partial charge in [0, 0.05) is 6.04 Å². The Labute approximate surface area is 132 Å². The number of amides is 1. The van der Waals surface area contributed by atoms with Gasteiger partial charge in [-0.2, -0.15) is 0 Å². The highest BCUT2D eigenvalue weighted by atomic mass is 16.5. The Hall–Kier alpha value is -1.55. The van der Waals surface area contributed by atoms with Gasteiger partial charge in [0.1, 0.15) is 11.8 Å². The molecule has 2 aliphatic rings. The van der Waals surface area contributed by atoms with Gasteiger partial charge >= 0.3 is 0 Å². The summed E-state index contributed by atoms with van der Waals surface area (Å²) in [4.78, 5) is 15.2. The van der Waals surface area contributed by atoms with Crippen LogP contribution in [-0.2, 0) is 4.79 Å². The van der Waals surface area contributed by atoms with Crippen LogP contribution in [0.5, 0.6) is 5.75 Å². The van der Waals surface area contributed by atoms with Gasteiger partial charge in [-0.15, -0.1) is 0 Å². The number of nitrogens with one attached hydrogen (secondary N) is 1. The van der Waals surface area contributed by atoms with E-state index in [1.54, 1.807) is 7.11 Å². The van der Waals surface area contributed by atoms with Crippen molar-refractivity contribution in [1.29, 1.82) is 0 Å². The van der Waals surface area contributed by atoms with Crippen LogP contribution in [0.25, 0.3) is 0 Å². The van der Waals surface area contributed by atoms with Crippen molar-refractivity contribution in [2.45, 2.75) is 50.6 Å². The fourth-order valence-corrected chi connectivity index (χ4v) is 3.66. The minimum atomic E-state index is -0.158. The van der Waals surface area contributed by atoms with Gasteiger partial charge in [-0.1, -0.05) is 25.0 Å². The van der Waals surface area contributed by atoms with Crippen LogP contribution in [0.2, 0.25) is 0 Å². The maximum Gasteiger partial charge on any atom is 0.242 e. The molecule has 0 aromatic heterocycles. The molecule has 1 saturated heterocycles. The maximum absolute atomic E-state index is 12.9. The first-order valence-electron chi connectivity index (χ1n) is 8.46. The van der Waals surface area contributed by atoms with Gasteiger partial charge in [0.25, 0.3) is 0 Å². The average molecular weight is 302 g/mol. The number of hydrogen-bond donors (Lipinski definition) is 1. The standard InChI is InChI=1S/C18H26N2O2/c1-22-16-10-8-14(9-11-16)17(20-12-4-5-13-20)18(21)19-15-6-2-3-7-15/h8-11,15,17H,2-7,12-13H2,1H3,(H,19,21). The van der Waals surface area contributed by atoms with Gasteiger partial charge in [-0.05, 0) is 56.5 Å². The van der Waals surface area contributed by atoms with Gasteiger partial charge in [-0.3, -0.25) is 9.69 Å². The van der Waals surface area contributed by atoms with E-state index in [1.807, 2.05) is 24.3 Å². The third-order valence-electron chi connectivity index (χ3n) is 4.89. The van der Waals surface area contributed by atoms with Crippen molar-refractivity contribution in [3.05, 3.63) is 29.8 Å². The Kier molecular flexibility index (Phi) is 4.98. The molecule has 3 rings (SSSR count). The van der Waals surface area contributed by atoms with Gasteiger partial charge in [0.2, 0.25) is 5.91 Å². The third-order valence-corrected chi connectivity index (χ3v) is 4.89. The molecule has 1 atom stereocenters. The summed E-state index contributed by atoms with van der Waals surface area (Å²) in [5.74, 6) is 0.999. The molecule has 1 aliphatic heterocycles. The molecular formula is C18H26N2O2. The van der Waals surface area contributed by atoms with Crippen LogP contribution in [0.4, 0.5) is 0 Å². The third kappa shape index (κ3) is 3.43. The molecule has 1 unspecified atom stereocenters. The summed E-state index contributed by atoms with van der Waals surface area (Å²) in [6.45, 7) is 2.02. The molecule has 0 bridgehead atoms. The summed E-state index contributed by atoms with van der Waals surface area (Å²) in [6.07, 6.45) is 7.10. The molecule has 1 aromatic rings. The first-order valence-corrected chi connectivity index (χ1v) is 8.46. The van der Waals surface area contributed by atoms with E-state index >= 15 is 0 Å². The molecule has 4 heteroatoms. The molecule has 120 valence electrons. The Morgan fingerprint density at radius 1 is 1.14 bits per heavy atom. The lowest BCUT2D eigenvalue weighted by molar-refractivity contribution is -0.127. The zero-order valence-corrected chi connectivity index (χ0v) is 13.4. The number of hydrogen-bond acceptors (Lipinski definition) is 3. The summed E-state index contributed by atoms with van der Waals surface area (Å²) < 4.78 is 5.23. The minimum absolute atomic E-state index is 0.158. The van der Waals surface area contributed by atoms with Gasteiger partial charge in [-0.25, -0.2) is 0 Å². The molecule has 1 heterocycles. The van der Waals surface area contributed by atoms with E-state index in [1.165, 1.54) is 25.7 Å². The lowest BCUT2D eigenvalue weighted by atomic mass is 10.0. The highest BCUT2D eigenvalue weighted by Crippen LogP contribution is 2.28. The topological polar surface area (TPSA) is 41.6 Å². The maximum atomic E-state index is 12.9. The Bertz CT molecular complexity index is 488. The van der Waals surface area contributed by atoms with Crippen LogP contribution in [-0.4, -0.2) is 37.0 Å². The summed E-state index contributed by atoms with van der Waals surface area (Å²) >= 11 is 0. The lowest BCUT2D eigenvalue weighted by Gasteiger charge is -2.28. The summed E-state index contributed by atoms with van der Waals surface area (Å²) in [6, 6.07) is 8.15. The van der Waals surface area contributed by atoms with E-state index in [2.05, 4.69) is 10.2 Å². The number of carbonyl (C=O) groups is 1. The predicted molar refractivity (Wildman–Crippen MR) is 86.9 cm³/mol. The van der Waals surface area contributed by atoms with Crippen LogP contribution in [0.3, 0.4) is 0 Å². The number of methoxy groups -OCH3 is 1. The molecular weight excluding hydrogens is 276 g/mol. The Balaban J connectivity index is 1.77. The second kappa shape index (κ2) is 7.14. The molecule has 0 radical (unpaired) electrons. The number of likely N-dealkylation sites (tertiary alicyclic amines) is 1. The molecule has 0 spiro atoms. The predicted octanol–water partition coefficient (Wildman–Crippen LogP) is 2.89. The summed E-state index contributed by atoms with van der Waals surface area (Å²) in [5.41, 5.74) is 1.07. The van der Waals surface area contributed by atoms with E-state index in [9.17, 15) is 4.79 Å². The van der Waals surface area contributed by atoms with E-state index in [0.717, 1.165) is 37.2 Å². The lowest BCUT2D eigenvalue weighted by Crippen LogP contribution is -2.42. The fraction of sp³-hybridized carbons (Fsp3) is 0.611. The van der Waals surface area contributed by atoms with Gasteiger partial charge in [0.15, 0.2) is 0 Å². The molecule has 2 fully saturated rings. The van der Waals surface area contributed by atoms with Crippen molar-refractivity contribution >= 4 is 5.91 Å². The molecule has 22 heavy (non-hydrogen) atoms. The van der Waals surface area contributed by atoms with Gasteiger partial charge < -0.3 is 10.1 Å². The van der Waals surface area contributed by atoms with Crippen molar-refractivity contribution in [2.75, 3.05) is 20.2 Å². The van der Waals surface area contributed by atoms with Crippen molar-refractivity contribution < 1.29 is 9.53 Å². The number of nitrogens with zero attached hydrogens (tertiary/aromatic N) is 1. The molecule has 4 nitrogen and oxygen atoms in total.